The first kappa shape index (κ1) is 11.4. The second-order valence-electron chi connectivity index (χ2n) is 4.62. The van der Waals surface area contributed by atoms with Crippen LogP contribution in [0.2, 0.25) is 0 Å². The van der Waals surface area contributed by atoms with Gasteiger partial charge < -0.3 is 9.53 Å². The van der Waals surface area contributed by atoms with E-state index in [1.165, 1.54) is 6.42 Å². The lowest BCUT2D eigenvalue weighted by atomic mass is 10.1. The van der Waals surface area contributed by atoms with Crippen molar-refractivity contribution in [3.05, 3.63) is 12.2 Å². The molecule has 1 aliphatic rings. The van der Waals surface area contributed by atoms with E-state index >= 15 is 0 Å². The predicted octanol–water partition coefficient (Wildman–Crippen LogP) is 2.58. The molecule has 0 amide bonds. The molecule has 14 heavy (non-hydrogen) atoms. The van der Waals surface area contributed by atoms with Crippen LogP contribution in [0.1, 0.15) is 33.6 Å². The number of hydrogen-bond donors (Lipinski definition) is 0. The summed E-state index contributed by atoms with van der Waals surface area (Å²) in [5, 5.41) is 0. The van der Waals surface area contributed by atoms with Crippen LogP contribution in [0.5, 0.6) is 0 Å². The molecular weight excluding hydrogens is 176 g/mol. The van der Waals surface area contributed by atoms with Gasteiger partial charge >= 0.3 is 0 Å². The van der Waals surface area contributed by atoms with Gasteiger partial charge in [0.1, 0.15) is 6.29 Å². The molecule has 0 N–H and O–H groups in total. The van der Waals surface area contributed by atoms with Crippen molar-refractivity contribution in [3.63, 3.8) is 0 Å². The van der Waals surface area contributed by atoms with Crippen molar-refractivity contribution < 1.29 is 9.53 Å². The summed E-state index contributed by atoms with van der Waals surface area (Å²) in [6.45, 7) is 7.07. The second-order valence-corrected chi connectivity index (χ2v) is 4.62. The molecule has 0 aromatic heterocycles. The minimum Gasteiger partial charge on any atom is -0.373 e. The van der Waals surface area contributed by atoms with Gasteiger partial charge in [-0.2, -0.15) is 0 Å². The van der Waals surface area contributed by atoms with E-state index in [0.29, 0.717) is 24.4 Å². The van der Waals surface area contributed by atoms with Crippen LogP contribution in [0.4, 0.5) is 0 Å². The topological polar surface area (TPSA) is 26.3 Å². The van der Waals surface area contributed by atoms with Gasteiger partial charge in [0, 0.05) is 6.42 Å². The number of aldehydes is 1. The van der Waals surface area contributed by atoms with Gasteiger partial charge in [-0.3, -0.25) is 0 Å². The van der Waals surface area contributed by atoms with Gasteiger partial charge in [-0.15, -0.1) is 0 Å². The fourth-order valence-electron chi connectivity index (χ4n) is 1.82. The van der Waals surface area contributed by atoms with Crippen LogP contribution in [-0.2, 0) is 9.53 Å². The highest BCUT2D eigenvalue weighted by Crippen LogP contribution is 2.54. The molecule has 2 atom stereocenters. The average molecular weight is 196 g/mol. The van der Waals surface area contributed by atoms with E-state index in [0.717, 1.165) is 6.29 Å². The first-order chi connectivity index (χ1) is 6.61. The summed E-state index contributed by atoms with van der Waals surface area (Å²) >= 11 is 0. The first-order valence-corrected chi connectivity index (χ1v) is 5.30. The molecule has 2 nitrogen and oxygen atoms in total. The number of rotatable bonds is 6. The summed E-state index contributed by atoms with van der Waals surface area (Å²) in [6, 6.07) is 0. The molecule has 0 aliphatic heterocycles. The van der Waals surface area contributed by atoms with E-state index in [2.05, 4.69) is 19.9 Å². The van der Waals surface area contributed by atoms with E-state index in [1.807, 2.05) is 13.0 Å². The van der Waals surface area contributed by atoms with Crippen molar-refractivity contribution >= 4 is 6.29 Å². The van der Waals surface area contributed by atoms with Crippen molar-refractivity contribution in [1.29, 1.82) is 0 Å². The number of carbonyl (C=O) groups is 1. The predicted molar refractivity (Wildman–Crippen MR) is 57.1 cm³/mol. The molecule has 0 radical (unpaired) electrons. The van der Waals surface area contributed by atoms with Crippen LogP contribution in [0, 0.1) is 11.3 Å². The molecule has 0 aromatic rings. The summed E-state index contributed by atoms with van der Waals surface area (Å²) in [4.78, 5) is 10.2. The third-order valence-corrected chi connectivity index (χ3v) is 2.91. The van der Waals surface area contributed by atoms with Crippen LogP contribution >= 0.6 is 0 Å². The monoisotopic (exact) mass is 196 g/mol. The number of ether oxygens (including phenoxy) is 1. The molecule has 0 bridgehead atoms. The zero-order valence-corrected chi connectivity index (χ0v) is 9.32. The summed E-state index contributed by atoms with van der Waals surface area (Å²) in [6.07, 6.45) is 6.97. The Kier molecular flexibility index (Phi) is 3.87. The third kappa shape index (κ3) is 2.95. The lowest BCUT2D eigenvalue weighted by Crippen LogP contribution is -2.16. The Morgan fingerprint density at radius 1 is 1.57 bits per heavy atom. The van der Waals surface area contributed by atoms with E-state index in [-0.39, 0.29) is 6.10 Å². The molecule has 2 heteroatoms. The third-order valence-electron chi connectivity index (χ3n) is 2.91. The van der Waals surface area contributed by atoms with Gasteiger partial charge in [0.25, 0.3) is 0 Å². The van der Waals surface area contributed by atoms with Crippen molar-refractivity contribution in [1.82, 2.24) is 0 Å². The van der Waals surface area contributed by atoms with Gasteiger partial charge in [0.05, 0.1) is 12.7 Å². The zero-order chi connectivity index (χ0) is 10.6. The van der Waals surface area contributed by atoms with Crippen LogP contribution < -0.4 is 0 Å². The van der Waals surface area contributed by atoms with Gasteiger partial charge in [0.2, 0.25) is 0 Å². The Hall–Kier alpha value is -0.630. The minimum absolute atomic E-state index is 0.204. The van der Waals surface area contributed by atoms with Crippen molar-refractivity contribution in [2.75, 3.05) is 6.61 Å². The summed E-state index contributed by atoms with van der Waals surface area (Å²) < 4.78 is 5.66. The Bertz CT molecular complexity index is 218. The molecule has 0 heterocycles. The molecule has 1 saturated carbocycles. The first-order valence-electron chi connectivity index (χ1n) is 5.30. The van der Waals surface area contributed by atoms with Crippen molar-refractivity contribution in [3.8, 4) is 0 Å². The SMILES string of the molecule is CC=C[C@@H](OCCC=O)C1CC1(C)C. The Morgan fingerprint density at radius 2 is 2.21 bits per heavy atom. The standard InChI is InChI=1S/C12H20O2/c1-4-6-11(14-8-5-7-13)10-9-12(10,2)3/h4,6-7,10-11H,5,8-9H2,1-3H3/t10?,11-/m1/s1. The van der Waals surface area contributed by atoms with Gasteiger partial charge in [-0.25, -0.2) is 0 Å². The number of hydrogen-bond acceptors (Lipinski definition) is 2. The summed E-state index contributed by atoms with van der Waals surface area (Å²) in [5.41, 5.74) is 0.422. The molecule has 1 aliphatic carbocycles. The lowest BCUT2D eigenvalue weighted by Gasteiger charge is -2.15. The molecule has 0 saturated heterocycles. The molecule has 80 valence electrons. The Balaban J connectivity index is 2.37. The van der Waals surface area contributed by atoms with Gasteiger partial charge in [-0.1, -0.05) is 26.0 Å². The van der Waals surface area contributed by atoms with Crippen LogP contribution in [0.25, 0.3) is 0 Å². The zero-order valence-electron chi connectivity index (χ0n) is 9.32. The fraction of sp³-hybridized carbons (Fsp3) is 0.750. The fourth-order valence-corrected chi connectivity index (χ4v) is 1.82. The number of carbonyl (C=O) groups excluding carboxylic acids is 1. The second kappa shape index (κ2) is 4.74. The highest BCUT2D eigenvalue weighted by atomic mass is 16.5. The Morgan fingerprint density at radius 3 is 2.64 bits per heavy atom. The van der Waals surface area contributed by atoms with Crippen molar-refractivity contribution in [2.45, 2.75) is 39.7 Å². The molecule has 1 fully saturated rings. The summed E-state index contributed by atoms with van der Waals surface area (Å²) in [7, 11) is 0. The largest absolute Gasteiger partial charge is 0.373 e. The Labute approximate surface area is 86.3 Å². The minimum atomic E-state index is 0.204. The van der Waals surface area contributed by atoms with E-state index in [4.69, 9.17) is 4.74 Å². The highest BCUT2D eigenvalue weighted by molar-refractivity contribution is 5.49. The maximum absolute atomic E-state index is 10.2. The molecule has 0 aromatic carbocycles. The smallest absolute Gasteiger partial charge is 0.122 e. The van der Waals surface area contributed by atoms with E-state index < -0.39 is 0 Å². The molecular formula is C12H20O2. The molecule has 1 rings (SSSR count). The van der Waals surface area contributed by atoms with Crippen LogP contribution in [0.3, 0.4) is 0 Å². The maximum Gasteiger partial charge on any atom is 0.122 e. The van der Waals surface area contributed by atoms with Gasteiger partial charge in [0.15, 0.2) is 0 Å². The number of allylic oxidation sites excluding steroid dienone is 1. The van der Waals surface area contributed by atoms with Crippen LogP contribution in [-0.4, -0.2) is 19.0 Å². The van der Waals surface area contributed by atoms with Crippen molar-refractivity contribution in [2.24, 2.45) is 11.3 Å². The summed E-state index contributed by atoms with van der Waals surface area (Å²) in [5.74, 6) is 0.630. The average Bonchev–Trinajstić information content (AvgIpc) is 2.74. The normalized spacial score (nSPS) is 26.4. The molecule has 0 spiro atoms. The lowest BCUT2D eigenvalue weighted by molar-refractivity contribution is -0.109. The van der Waals surface area contributed by atoms with Gasteiger partial charge in [-0.05, 0) is 24.7 Å². The quantitative estimate of drug-likeness (QED) is 0.371. The van der Waals surface area contributed by atoms with Crippen LogP contribution in [0.15, 0.2) is 12.2 Å². The van der Waals surface area contributed by atoms with E-state index in [9.17, 15) is 4.79 Å². The van der Waals surface area contributed by atoms with E-state index in [1.54, 1.807) is 0 Å². The highest BCUT2D eigenvalue weighted by Gasteiger charge is 2.49. The molecule has 1 unspecified atom stereocenters. The maximum atomic E-state index is 10.2.